The Morgan fingerprint density at radius 1 is 0.926 bits per heavy atom. The van der Waals surface area contributed by atoms with E-state index < -0.39 is 5.60 Å². The van der Waals surface area contributed by atoms with Crippen LogP contribution in [-0.2, 0) is 17.6 Å². The van der Waals surface area contributed by atoms with Crippen molar-refractivity contribution in [1.29, 1.82) is 0 Å². The van der Waals surface area contributed by atoms with Crippen molar-refractivity contribution in [2.24, 2.45) is 5.92 Å². The molecular formula is C24H31NO2. The number of allylic oxidation sites excluding steroid dienone is 1. The summed E-state index contributed by atoms with van der Waals surface area (Å²) in [5.41, 5.74) is 1.99. The molecule has 0 saturated heterocycles. The van der Waals surface area contributed by atoms with Crippen molar-refractivity contribution < 1.29 is 9.53 Å². The highest BCUT2D eigenvalue weighted by Gasteiger charge is 2.18. The van der Waals surface area contributed by atoms with Crippen molar-refractivity contribution in [3.05, 3.63) is 83.9 Å². The second kappa shape index (κ2) is 9.96. The zero-order valence-corrected chi connectivity index (χ0v) is 16.8. The molecule has 0 fully saturated rings. The maximum Gasteiger partial charge on any atom is 0.408 e. The molecule has 1 N–H and O–H groups in total. The number of hydrogen-bond donors (Lipinski definition) is 1. The summed E-state index contributed by atoms with van der Waals surface area (Å²) in [6.45, 7) is 7.81. The summed E-state index contributed by atoms with van der Waals surface area (Å²) in [5, 5.41) is 2.99. The zero-order chi connectivity index (χ0) is 19.7. The number of carbonyl (C=O) groups excluding carboxylic acids is 1. The van der Waals surface area contributed by atoms with Crippen LogP contribution < -0.4 is 5.32 Å². The van der Waals surface area contributed by atoms with Crippen LogP contribution in [0.15, 0.2) is 72.8 Å². The molecule has 0 radical (unpaired) electrons. The molecular weight excluding hydrogens is 334 g/mol. The Labute approximate surface area is 163 Å². The van der Waals surface area contributed by atoms with Crippen molar-refractivity contribution in [1.82, 2.24) is 5.32 Å². The number of nitrogens with one attached hydrogen (secondary N) is 1. The van der Waals surface area contributed by atoms with Gasteiger partial charge in [-0.3, -0.25) is 0 Å². The van der Waals surface area contributed by atoms with Gasteiger partial charge in [-0.25, -0.2) is 4.79 Å². The molecule has 2 aromatic carbocycles. The molecule has 144 valence electrons. The van der Waals surface area contributed by atoms with Gasteiger partial charge in [-0.2, -0.15) is 0 Å². The fourth-order valence-electron chi connectivity index (χ4n) is 2.87. The first-order chi connectivity index (χ1) is 12.8. The Morgan fingerprint density at radius 2 is 1.44 bits per heavy atom. The predicted molar refractivity (Wildman–Crippen MR) is 112 cm³/mol. The van der Waals surface area contributed by atoms with E-state index in [0.29, 0.717) is 5.92 Å². The average Bonchev–Trinajstić information content (AvgIpc) is 2.60. The molecule has 1 amide bonds. The molecule has 0 bridgehead atoms. The minimum atomic E-state index is -0.508. The third-order valence-electron chi connectivity index (χ3n) is 4.07. The zero-order valence-electron chi connectivity index (χ0n) is 16.8. The first kappa shape index (κ1) is 20.8. The van der Waals surface area contributed by atoms with Crippen LogP contribution in [-0.4, -0.2) is 17.7 Å². The Kier molecular flexibility index (Phi) is 7.66. The van der Waals surface area contributed by atoms with Gasteiger partial charge in [-0.05, 0) is 50.7 Å². The Bertz CT molecular complexity index is 717. The lowest BCUT2D eigenvalue weighted by Crippen LogP contribution is -2.39. The van der Waals surface area contributed by atoms with Gasteiger partial charge in [0.05, 0.1) is 6.04 Å². The molecule has 3 nitrogen and oxygen atoms in total. The van der Waals surface area contributed by atoms with Crippen molar-refractivity contribution in [2.45, 2.75) is 52.2 Å². The Balaban J connectivity index is 2.02. The predicted octanol–water partition coefficient (Wildman–Crippen LogP) is 5.56. The molecule has 0 aliphatic carbocycles. The third-order valence-corrected chi connectivity index (χ3v) is 4.07. The van der Waals surface area contributed by atoms with E-state index in [-0.39, 0.29) is 12.1 Å². The largest absolute Gasteiger partial charge is 0.444 e. The summed E-state index contributed by atoms with van der Waals surface area (Å²) in [7, 11) is 0. The molecule has 27 heavy (non-hydrogen) atoms. The van der Waals surface area contributed by atoms with Crippen LogP contribution in [0.25, 0.3) is 0 Å². The topological polar surface area (TPSA) is 38.3 Å². The highest BCUT2D eigenvalue weighted by atomic mass is 16.6. The molecule has 3 heteroatoms. The maximum atomic E-state index is 12.2. The van der Waals surface area contributed by atoms with Crippen LogP contribution in [0.1, 0.15) is 38.8 Å². The summed E-state index contributed by atoms with van der Waals surface area (Å²) in [6.07, 6.45) is 5.59. The van der Waals surface area contributed by atoms with Crippen LogP contribution >= 0.6 is 0 Å². The van der Waals surface area contributed by atoms with E-state index >= 15 is 0 Å². The number of hydrogen-bond acceptors (Lipinski definition) is 2. The number of benzene rings is 2. The lowest BCUT2D eigenvalue weighted by molar-refractivity contribution is 0.0514. The van der Waals surface area contributed by atoms with E-state index in [1.54, 1.807) is 0 Å². The van der Waals surface area contributed by atoms with E-state index in [1.165, 1.54) is 11.1 Å². The fraction of sp³-hybridized carbons (Fsp3) is 0.375. The lowest BCUT2D eigenvalue weighted by atomic mass is 9.98. The van der Waals surface area contributed by atoms with E-state index in [4.69, 9.17) is 4.74 Å². The number of amides is 1. The SMILES string of the molecule is C[C@H](/C=C/[C@H](Cc1ccccc1)NC(=O)OC(C)(C)C)Cc1ccccc1. The number of alkyl carbamates (subject to hydrolysis) is 1. The van der Waals surface area contributed by atoms with Crippen LogP contribution in [0.4, 0.5) is 4.79 Å². The molecule has 0 saturated carbocycles. The van der Waals surface area contributed by atoms with Crippen molar-refractivity contribution >= 4 is 6.09 Å². The third kappa shape index (κ3) is 8.59. The number of carbonyl (C=O) groups is 1. The molecule has 0 heterocycles. The van der Waals surface area contributed by atoms with Gasteiger partial charge in [0.2, 0.25) is 0 Å². The van der Waals surface area contributed by atoms with E-state index in [2.05, 4.69) is 60.8 Å². The van der Waals surface area contributed by atoms with Gasteiger partial charge >= 0.3 is 6.09 Å². The average molecular weight is 366 g/mol. The van der Waals surface area contributed by atoms with Crippen LogP contribution in [0, 0.1) is 5.92 Å². The quantitative estimate of drug-likeness (QED) is 0.653. The van der Waals surface area contributed by atoms with Crippen LogP contribution in [0.2, 0.25) is 0 Å². The molecule has 0 aromatic heterocycles. The van der Waals surface area contributed by atoms with Gasteiger partial charge in [0.25, 0.3) is 0 Å². The summed E-state index contributed by atoms with van der Waals surface area (Å²) in [5.74, 6) is 0.381. The molecule has 2 rings (SSSR count). The van der Waals surface area contributed by atoms with Crippen LogP contribution in [0.3, 0.4) is 0 Å². The van der Waals surface area contributed by atoms with Gasteiger partial charge in [-0.1, -0.05) is 79.7 Å². The summed E-state index contributed by atoms with van der Waals surface area (Å²) < 4.78 is 5.42. The summed E-state index contributed by atoms with van der Waals surface area (Å²) >= 11 is 0. The second-order valence-electron chi connectivity index (χ2n) is 7.99. The van der Waals surface area contributed by atoms with Gasteiger partial charge in [-0.15, -0.1) is 0 Å². The first-order valence-corrected chi connectivity index (χ1v) is 9.57. The van der Waals surface area contributed by atoms with E-state index in [1.807, 2.05) is 45.0 Å². The molecule has 0 spiro atoms. The monoisotopic (exact) mass is 365 g/mol. The lowest BCUT2D eigenvalue weighted by Gasteiger charge is -2.22. The van der Waals surface area contributed by atoms with Gasteiger partial charge in [0, 0.05) is 0 Å². The molecule has 0 unspecified atom stereocenters. The normalized spacial score (nSPS) is 13.9. The number of ether oxygens (including phenoxy) is 1. The van der Waals surface area contributed by atoms with E-state index in [9.17, 15) is 4.79 Å². The maximum absolute atomic E-state index is 12.2. The highest BCUT2D eigenvalue weighted by molar-refractivity contribution is 5.68. The van der Waals surface area contributed by atoms with Gasteiger partial charge in [0.1, 0.15) is 5.60 Å². The Hall–Kier alpha value is -2.55. The van der Waals surface area contributed by atoms with Crippen molar-refractivity contribution in [2.75, 3.05) is 0 Å². The van der Waals surface area contributed by atoms with E-state index in [0.717, 1.165) is 12.8 Å². The minimum Gasteiger partial charge on any atom is -0.444 e. The van der Waals surface area contributed by atoms with Gasteiger partial charge < -0.3 is 10.1 Å². The molecule has 0 aliphatic heterocycles. The van der Waals surface area contributed by atoms with Crippen molar-refractivity contribution in [3.63, 3.8) is 0 Å². The first-order valence-electron chi connectivity index (χ1n) is 9.57. The highest BCUT2D eigenvalue weighted by Crippen LogP contribution is 2.12. The summed E-state index contributed by atoms with van der Waals surface area (Å²) in [6, 6.07) is 20.5. The molecule has 0 aliphatic rings. The molecule has 2 atom stereocenters. The minimum absolute atomic E-state index is 0.111. The van der Waals surface area contributed by atoms with Crippen molar-refractivity contribution in [3.8, 4) is 0 Å². The standard InChI is InChI=1S/C24H31NO2/c1-19(17-20-11-7-5-8-12-20)15-16-22(18-21-13-9-6-10-14-21)25-23(26)27-24(2,3)4/h5-16,19,22H,17-18H2,1-4H3,(H,25,26)/b16-15+/t19-,22-/m1/s1. The Morgan fingerprint density at radius 3 is 1.96 bits per heavy atom. The summed E-state index contributed by atoms with van der Waals surface area (Å²) in [4.78, 5) is 12.2. The molecule has 2 aromatic rings. The smallest absolute Gasteiger partial charge is 0.408 e. The fourth-order valence-corrected chi connectivity index (χ4v) is 2.87. The van der Waals surface area contributed by atoms with Crippen LogP contribution in [0.5, 0.6) is 0 Å². The second-order valence-corrected chi connectivity index (χ2v) is 7.99. The van der Waals surface area contributed by atoms with Gasteiger partial charge in [0.15, 0.2) is 0 Å². The number of rotatable bonds is 7.